The fourth-order valence-corrected chi connectivity index (χ4v) is 4.32. The molecule has 4 aromatic carbocycles. The predicted octanol–water partition coefficient (Wildman–Crippen LogP) is 5.96. The van der Waals surface area contributed by atoms with E-state index in [9.17, 15) is 5.11 Å². The zero-order valence-corrected chi connectivity index (χ0v) is 23.8. The predicted molar refractivity (Wildman–Crippen MR) is 161 cm³/mol. The van der Waals surface area contributed by atoms with Crippen LogP contribution in [0.3, 0.4) is 0 Å². The normalized spacial score (nSPS) is 16.4. The maximum absolute atomic E-state index is 11.4. The molecule has 0 fully saturated rings. The molecule has 1 N–H and O–H groups in total. The molecule has 0 saturated carbocycles. The van der Waals surface area contributed by atoms with Gasteiger partial charge >= 0.3 is 0 Å². The highest BCUT2D eigenvalue weighted by molar-refractivity contribution is 5.47. The van der Waals surface area contributed by atoms with E-state index in [1.807, 2.05) is 48.5 Å². The summed E-state index contributed by atoms with van der Waals surface area (Å²) in [5.41, 5.74) is -0.547. The first kappa shape index (κ1) is 30.0. The van der Waals surface area contributed by atoms with Crippen molar-refractivity contribution in [3.8, 4) is 46.8 Å². The van der Waals surface area contributed by atoms with Gasteiger partial charge < -0.3 is 38.3 Å². The maximum Gasteiger partial charge on any atom is 0.176 e. The summed E-state index contributed by atoms with van der Waals surface area (Å²) in [6.45, 7) is 3.64. The third kappa shape index (κ3) is 8.51. The lowest BCUT2D eigenvalue weighted by molar-refractivity contribution is 0.00499. The minimum Gasteiger partial charge on any atom is -0.491 e. The Bertz CT molecular complexity index is 1340. The second kappa shape index (κ2) is 15.1. The summed E-state index contributed by atoms with van der Waals surface area (Å²) in [4.78, 5) is 0. The molecule has 0 radical (unpaired) electrons. The second-order valence-corrected chi connectivity index (χ2v) is 9.58. The van der Waals surface area contributed by atoms with Crippen LogP contribution in [0, 0.1) is 12.3 Å². The standard InChI is InChI=1S/C35H34O8/c1-2-35(36)27-3-7-31(8-4-27)42-33-15-11-29(12-16-33)40-25-23-38-21-19-37-20-22-39-24-26-41-30-13-17-34(18-14-30)43-32-9-5-28(35)6-10-32/h1,3-18,36H,19-26H2. The fourth-order valence-electron chi connectivity index (χ4n) is 4.32. The number of aliphatic hydroxyl groups is 1. The smallest absolute Gasteiger partial charge is 0.176 e. The van der Waals surface area contributed by atoms with Gasteiger partial charge in [-0.15, -0.1) is 6.42 Å². The van der Waals surface area contributed by atoms with Gasteiger partial charge in [-0.2, -0.15) is 0 Å². The molecule has 10 rings (SSSR count). The molecule has 8 heteroatoms. The van der Waals surface area contributed by atoms with Crippen molar-refractivity contribution in [2.24, 2.45) is 0 Å². The molecule has 0 unspecified atom stereocenters. The van der Waals surface area contributed by atoms with Crippen LogP contribution in [0.15, 0.2) is 97.1 Å². The number of ether oxygens (including phenoxy) is 7. The topological polar surface area (TPSA) is 84.8 Å². The van der Waals surface area contributed by atoms with E-state index in [-0.39, 0.29) is 0 Å². The molecule has 6 aliphatic rings. The van der Waals surface area contributed by atoms with Crippen molar-refractivity contribution in [1.29, 1.82) is 0 Å². The lowest BCUT2D eigenvalue weighted by Crippen LogP contribution is -2.24. The first-order valence-electron chi connectivity index (χ1n) is 14.1. The number of hydrogen-bond donors (Lipinski definition) is 1. The molecule has 0 aromatic heterocycles. The Morgan fingerprint density at radius 2 is 0.721 bits per heavy atom. The first-order valence-corrected chi connectivity index (χ1v) is 14.1. The molecule has 0 aliphatic carbocycles. The average Bonchev–Trinajstić information content (AvgIpc) is 3.05. The molecule has 6 aliphatic heterocycles. The summed E-state index contributed by atoms with van der Waals surface area (Å²) in [5, 5.41) is 11.4. The average molecular weight is 583 g/mol. The Kier molecular flexibility index (Phi) is 10.5. The van der Waals surface area contributed by atoms with Gasteiger partial charge in [0.2, 0.25) is 0 Å². The number of fused-ring (bicyclic) bond motifs is 2. The van der Waals surface area contributed by atoms with Gasteiger partial charge in [0, 0.05) is 11.1 Å². The van der Waals surface area contributed by atoms with Crippen LogP contribution in [0.2, 0.25) is 0 Å². The van der Waals surface area contributed by atoms with Crippen LogP contribution in [-0.4, -0.2) is 58.0 Å². The minimum atomic E-state index is -1.63. The fraction of sp³-hybridized carbons (Fsp3) is 0.257. The van der Waals surface area contributed by atoms with Crippen LogP contribution in [0.5, 0.6) is 34.5 Å². The molecular formula is C35H34O8. The van der Waals surface area contributed by atoms with Crippen LogP contribution in [0.25, 0.3) is 0 Å². The first-order chi connectivity index (χ1) is 21.1. The number of terminal acetylenes is 1. The van der Waals surface area contributed by atoms with E-state index in [1.165, 1.54) is 0 Å². The lowest BCUT2D eigenvalue weighted by Gasteiger charge is -2.24. The van der Waals surface area contributed by atoms with Gasteiger partial charge in [-0.25, -0.2) is 0 Å². The summed E-state index contributed by atoms with van der Waals surface area (Å²) < 4.78 is 40.1. The van der Waals surface area contributed by atoms with E-state index in [1.54, 1.807) is 48.5 Å². The zero-order chi connectivity index (χ0) is 29.7. The van der Waals surface area contributed by atoms with Crippen molar-refractivity contribution < 1.29 is 38.3 Å². The van der Waals surface area contributed by atoms with E-state index >= 15 is 0 Å². The van der Waals surface area contributed by atoms with Crippen LogP contribution in [0.1, 0.15) is 11.1 Å². The van der Waals surface area contributed by atoms with E-state index in [0.717, 1.165) is 0 Å². The highest BCUT2D eigenvalue weighted by Gasteiger charge is 2.29. The van der Waals surface area contributed by atoms with Gasteiger partial charge in [-0.1, -0.05) is 30.2 Å². The van der Waals surface area contributed by atoms with E-state index in [2.05, 4.69) is 5.92 Å². The monoisotopic (exact) mass is 582 g/mol. The van der Waals surface area contributed by atoms with E-state index in [4.69, 9.17) is 39.6 Å². The lowest BCUT2D eigenvalue weighted by atomic mass is 9.87. The van der Waals surface area contributed by atoms with E-state index < -0.39 is 5.60 Å². The van der Waals surface area contributed by atoms with Crippen molar-refractivity contribution >= 4 is 0 Å². The molecule has 0 amide bonds. The highest BCUT2D eigenvalue weighted by atomic mass is 16.6. The van der Waals surface area contributed by atoms with Crippen LogP contribution in [-0.2, 0) is 19.8 Å². The number of hydrogen-bond acceptors (Lipinski definition) is 8. The number of rotatable bonds is 0. The number of benzene rings is 4. The zero-order valence-electron chi connectivity index (χ0n) is 23.8. The van der Waals surface area contributed by atoms with Crippen molar-refractivity contribution in [3.63, 3.8) is 0 Å². The van der Waals surface area contributed by atoms with Crippen molar-refractivity contribution in [3.05, 3.63) is 108 Å². The molecule has 0 saturated heterocycles. The summed E-state index contributed by atoms with van der Waals surface area (Å²) in [6, 6.07) is 28.7. The van der Waals surface area contributed by atoms with Gasteiger partial charge in [0.05, 0.1) is 39.6 Å². The van der Waals surface area contributed by atoms with Crippen molar-refractivity contribution in [1.82, 2.24) is 0 Å². The highest BCUT2D eigenvalue weighted by Crippen LogP contribution is 2.33. The van der Waals surface area contributed by atoms with Crippen LogP contribution >= 0.6 is 0 Å². The Morgan fingerprint density at radius 1 is 0.442 bits per heavy atom. The molecule has 222 valence electrons. The summed E-state index contributed by atoms with van der Waals surface area (Å²) >= 11 is 0. The van der Waals surface area contributed by atoms with Gasteiger partial charge in [0.15, 0.2) is 5.60 Å². The van der Waals surface area contributed by atoms with Gasteiger partial charge in [-0.3, -0.25) is 0 Å². The minimum absolute atomic E-state index is 0.418. The van der Waals surface area contributed by atoms with Crippen molar-refractivity contribution in [2.75, 3.05) is 52.9 Å². The summed E-state index contributed by atoms with van der Waals surface area (Å²) in [7, 11) is 0. The molecule has 43 heavy (non-hydrogen) atoms. The molecular weight excluding hydrogens is 548 g/mol. The molecule has 8 bridgehead atoms. The molecule has 6 heterocycles. The van der Waals surface area contributed by atoms with Crippen molar-refractivity contribution in [2.45, 2.75) is 5.60 Å². The van der Waals surface area contributed by atoms with Gasteiger partial charge in [0.1, 0.15) is 47.7 Å². The summed E-state index contributed by atoms with van der Waals surface area (Å²) in [5.74, 6) is 6.46. The third-order valence-electron chi connectivity index (χ3n) is 6.61. The molecule has 4 aromatic rings. The second-order valence-electron chi connectivity index (χ2n) is 9.58. The Morgan fingerprint density at radius 3 is 1.05 bits per heavy atom. The molecule has 0 spiro atoms. The van der Waals surface area contributed by atoms with Gasteiger partial charge in [-0.05, 0) is 72.8 Å². The molecule has 0 atom stereocenters. The molecule has 8 nitrogen and oxygen atoms in total. The van der Waals surface area contributed by atoms with Gasteiger partial charge in [0.25, 0.3) is 0 Å². The van der Waals surface area contributed by atoms with Crippen LogP contribution in [0.4, 0.5) is 0 Å². The Hall–Kier alpha value is -4.52. The van der Waals surface area contributed by atoms with E-state index in [0.29, 0.717) is 98.5 Å². The quantitative estimate of drug-likeness (QED) is 0.254. The largest absolute Gasteiger partial charge is 0.491 e. The Labute approximate surface area is 251 Å². The third-order valence-corrected chi connectivity index (χ3v) is 6.61. The summed E-state index contributed by atoms with van der Waals surface area (Å²) in [6.07, 6.45) is 5.83. The maximum atomic E-state index is 11.4. The SMILES string of the molecule is C#CC1(O)c2ccc(cc2)Oc2ccc(cc2)OCCOCCOCCOCCOc2ccc(cc2)Oc2ccc1cc2. The Balaban J connectivity index is 1.28. The van der Waals surface area contributed by atoms with Crippen LogP contribution < -0.4 is 18.9 Å².